The van der Waals surface area contributed by atoms with Crippen molar-refractivity contribution in [2.75, 3.05) is 13.1 Å². The molecule has 9 heteroatoms. The van der Waals surface area contributed by atoms with E-state index in [1.165, 1.54) is 22.6 Å². The van der Waals surface area contributed by atoms with Gasteiger partial charge in [-0.2, -0.15) is 4.31 Å². The van der Waals surface area contributed by atoms with E-state index in [1.807, 2.05) is 0 Å². The van der Waals surface area contributed by atoms with Crippen LogP contribution in [0.25, 0.3) is 0 Å². The smallest absolute Gasteiger partial charge is 0.252 e. The van der Waals surface area contributed by atoms with Gasteiger partial charge in [-0.15, -0.1) is 11.3 Å². The molecule has 2 aromatic rings. The van der Waals surface area contributed by atoms with Crippen molar-refractivity contribution in [3.05, 3.63) is 35.2 Å². The Morgan fingerprint density at radius 2 is 2.39 bits per heavy atom. The first-order valence-corrected chi connectivity index (χ1v) is 9.60. The first kappa shape index (κ1) is 16.2. The van der Waals surface area contributed by atoms with Gasteiger partial charge in [0.2, 0.25) is 5.91 Å². The van der Waals surface area contributed by atoms with Gasteiger partial charge in [0.1, 0.15) is 10.0 Å². The Morgan fingerprint density at radius 3 is 3.09 bits per heavy atom. The van der Waals surface area contributed by atoms with Crippen LogP contribution in [0, 0.1) is 0 Å². The van der Waals surface area contributed by atoms with Crippen molar-refractivity contribution < 1.29 is 13.2 Å². The number of hydrogen-bond acceptors (Lipinski definition) is 5. The van der Waals surface area contributed by atoms with Gasteiger partial charge in [0.15, 0.2) is 0 Å². The predicted octanol–water partition coefficient (Wildman–Crippen LogP) is 1.29. The third kappa shape index (κ3) is 3.46. The number of nitrogens with one attached hydrogen (secondary N) is 2. The number of aromatic amines is 1. The van der Waals surface area contributed by atoms with Crippen LogP contribution in [-0.4, -0.2) is 41.7 Å². The number of thiophene rings is 1. The van der Waals surface area contributed by atoms with Crippen molar-refractivity contribution in [3.63, 3.8) is 0 Å². The van der Waals surface area contributed by atoms with E-state index in [-0.39, 0.29) is 11.8 Å². The minimum Gasteiger partial charge on any atom is -0.351 e. The fourth-order valence-electron chi connectivity index (χ4n) is 2.60. The second-order valence-electron chi connectivity index (χ2n) is 5.48. The van der Waals surface area contributed by atoms with Gasteiger partial charge in [0.05, 0.1) is 18.4 Å². The highest BCUT2D eigenvalue weighted by molar-refractivity contribution is 7.91. The maximum absolute atomic E-state index is 12.5. The summed E-state index contributed by atoms with van der Waals surface area (Å²) in [6, 6.07) is 3.37. The summed E-state index contributed by atoms with van der Waals surface area (Å²) in [5, 5.41) is 4.47. The van der Waals surface area contributed by atoms with Gasteiger partial charge in [0.25, 0.3) is 10.0 Å². The van der Waals surface area contributed by atoms with E-state index in [4.69, 9.17) is 0 Å². The van der Waals surface area contributed by atoms with Crippen LogP contribution in [-0.2, 0) is 21.4 Å². The van der Waals surface area contributed by atoms with Crippen molar-refractivity contribution in [3.8, 4) is 0 Å². The molecular weight excluding hydrogens is 336 g/mol. The van der Waals surface area contributed by atoms with E-state index < -0.39 is 10.0 Å². The molecule has 0 radical (unpaired) electrons. The molecule has 1 saturated heterocycles. The summed E-state index contributed by atoms with van der Waals surface area (Å²) in [5.74, 6) is 0.722. The van der Waals surface area contributed by atoms with Crippen LogP contribution in [0.1, 0.15) is 30.8 Å². The lowest BCUT2D eigenvalue weighted by Gasteiger charge is -2.14. The average molecular weight is 354 g/mol. The van der Waals surface area contributed by atoms with Crippen molar-refractivity contribution in [1.82, 2.24) is 19.6 Å². The molecule has 1 unspecified atom stereocenters. The molecule has 1 amide bonds. The van der Waals surface area contributed by atoms with E-state index in [0.717, 1.165) is 17.9 Å². The minimum absolute atomic E-state index is 0.0517. The van der Waals surface area contributed by atoms with Crippen LogP contribution < -0.4 is 5.32 Å². The number of nitrogens with zero attached hydrogens (tertiary/aromatic N) is 2. The minimum atomic E-state index is -3.40. The van der Waals surface area contributed by atoms with Gasteiger partial charge in [-0.3, -0.25) is 4.79 Å². The van der Waals surface area contributed by atoms with Crippen LogP contribution in [0.4, 0.5) is 0 Å². The molecule has 3 rings (SSSR count). The molecule has 1 atom stereocenters. The predicted molar refractivity (Wildman–Crippen MR) is 86.5 cm³/mol. The molecule has 0 aromatic carbocycles. The third-order valence-electron chi connectivity index (χ3n) is 3.80. The Hall–Kier alpha value is -1.71. The number of rotatable bonds is 5. The normalized spacial score (nSPS) is 19.1. The second kappa shape index (κ2) is 6.42. The molecule has 23 heavy (non-hydrogen) atoms. The summed E-state index contributed by atoms with van der Waals surface area (Å²) in [6.45, 7) is 2.77. The monoisotopic (exact) mass is 354 g/mol. The Labute approximate surface area is 138 Å². The standard InChI is InChI=1S/C14H18N4O3S2/c1-10(19)15-7-12-8-16-14(17-12)11-4-5-18(9-11)23(20,21)13-3-2-6-22-13/h2-3,6,8,11H,4-5,7,9H2,1H3,(H,15,19)(H,16,17). The zero-order chi connectivity index (χ0) is 16.4. The first-order valence-electron chi connectivity index (χ1n) is 7.28. The summed E-state index contributed by atoms with van der Waals surface area (Å²) < 4.78 is 26.9. The molecular formula is C14H18N4O3S2. The number of carbonyl (C=O) groups is 1. The van der Waals surface area contributed by atoms with Crippen LogP contribution >= 0.6 is 11.3 Å². The lowest BCUT2D eigenvalue weighted by Crippen LogP contribution is -2.28. The van der Waals surface area contributed by atoms with Crippen molar-refractivity contribution in [1.29, 1.82) is 0 Å². The fraction of sp³-hybridized carbons (Fsp3) is 0.429. The highest BCUT2D eigenvalue weighted by atomic mass is 32.2. The van der Waals surface area contributed by atoms with E-state index in [9.17, 15) is 13.2 Å². The second-order valence-corrected chi connectivity index (χ2v) is 8.60. The Bertz CT molecular complexity index is 783. The Kier molecular flexibility index (Phi) is 4.51. The summed E-state index contributed by atoms with van der Waals surface area (Å²) in [7, 11) is -3.40. The highest BCUT2D eigenvalue weighted by Crippen LogP contribution is 2.31. The van der Waals surface area contributed by atoms with E-state index in [2.05, 4.69) is 15.3 Å². The van der Waals surface area contributed by atoms with Gasteiger partial charge < -0.3 is 10.3 Å². The summed E-state index contributed by atoms with van der Waals surface area (Å²) in [5.41, 5.74) is 0.815. The number of aromatic nitrogens is 2. The van der Waals surface area contributed by atoms with Gasteiger partial charge in [0, 0.05) is 25.9 Å². The van der Waals surface area contributed by atoms with E-state index in [1.54, 1.807) is 23.7 Å². The molecule has 1 aliphatic heterocycles. The molecule has 7 nitrogen and oxygen atoms in total. The number of hydrogen-bond donors (Lipinski definition) is 2. The number of imidazole rings is 1. The van der Waals surface area contributed by atoms with E-state index in [0.29, 0.717) is 23.8 Å². The van der Waals surface area contributed by atoms with Crippen molar-refractivity contribution >= 4 is 27.3 Å². The first-order chi connectivity index (χ1) is 11.0. The molecule has 1 fully saturated rings. The molecule has 2 N–H and O–H groups in total. The number of amides is 1. The number of sulfonamides is 1. The molecule has 0 spiro atoms. The van der Waals surface area contributed by atoms with E-state index >= 15 is 0 Å². The Morgan fingerprint density at radius 1 is 1.57 bits per heavy atom. The zero-order valence-electron chi connectivity index (χ0n) is 12.7. The van der Waals surface area contributed by atoms with Gasteiger partial charge in [-0.25, -0.2) is 13.4 Å². The lowest BCUT2D eigenvalue weighted by molar-refractivity contribution is -0.119. The topological polar surface area (TPSA) is 95.2 Å². The molecule has 1 aliphatic rings. The highest BCUT2D eigenvalue weighted by Gasteiger charge is 2.34. The van der Waals surface area contributed by atoms with Crippen LogP contribution in [0.5, 0.6) is 0 Å². The quantitative estimate of drug-likeness (QED) is 0.846. The SMILES string of the molecule is CC(=O)NCc1cnc(C2CCN(S(=O)(=O)c3cccs3)C2)[nH]1. The van der Waals surface area contributed by atoms with Crippen molar-refractivity contribution in [2.45, 2.75) is 30.0 Å². The number of carbonyl (C=O) groups excluding carboxylic acids is 1. The molecule has 0 bridgehead atoms. The van der Waals surface area contributed by atoms with Crippen LogP contribution in [0.2, 0.25) is 0 Å². The maximum atomic E-state index is 12.5. The van der Waals surface area contributed by atoms with Gasteiger partial charge >= 0.3 is 0 Å². The molecule has 0 saturated carbocycles. The maximum Gasteiger partial charge on any atom is 0.252 e. The van der Waals surface area contributed by atoms with Crippen molar-refractivity contribution in [2.24, 2.45) is 0 Å². The molecule has 0 aliphatic carbocycles. The summed E-state index contributed by atoms with van der Waals surface area (Å²) >= 11 is 1.23. The molecule has 3 heterocycles. The molecule has 2 aromatic heterocycles. The molecule has 124 valence electrons. The largest absolute Gasteiger partial charge is 0.351 e. The van der Waals surface area contributed by atoms with Crippen LogP contribution in [0.3, 0.4) is 0 Å². The summed E-state index contributed by atoms with van der Waals surface area (Å²) in [4.78, 5) is 18.4. The Balaban J connectivity index is 1.67. The summed E-state index contributed by atoms with van der Waals surface area (Å²) in [6.07, 6.45) is 2.42. The van der Waals surface area contributed by atoms with Crippen LogP contribution in [0.15, 0.2) is 27.9 Å². The lowest BCUT2D eigenvalue weighted by atomic mass is 10.1. The zero-order valence-corrected chi connectivity index (χ0v) is 14.3. The average Bonchev–Trinajstić information content (AvgIpc) is 3.23. The van der Waals surface area contributed by atoms with Gasteiger partial charge in [-0.05, 0) is 17.9 Å². The number of H-pyrrole nitrogens is 1. The van der Waals surface area contributed by atoms with Gasteiger partial charge in [-0.1, -0.05) is 6.07 Å². The fourth-order valence-corrected chi connectivity index (χ4v) is 5.25. The third-order valence-corrected chi connectivity index (χ3v) is 7.04.